The van der Waals surface area contributed by atoms with E-state index in [1.54, 1.807) is 11.1 Å². The van der Waals surface area contributed by atoms with Gasteiger partial charge in [-0.3, -0.25) is 0 Å². The predicted octanol–water partition coefficient (Wildman–Crippen LogP) is 17.2. The molecule has 2 heteroatoms. The van der Waals surface area contributed by atoms with Crippen LogP contribution in [0.25, 0.3) is 0 Å². The molecule has 0 amide bonds. The summed E-state index contributed by atoms with van der Waals surface area (Å²) >= 11 is 4.77. The van der Waals surface area contributed by atoms with Gasteiger partial charge in [0.1, 0.15) is 0 Å². The van der Waals surface area contributed by atoms with Gasteiger partial charge in [-0.15, -0.1) is 0 Å². The second kappa shape index (κ2) is 29.0. The fraction of sp³-hybridized carbons (Fsp3) is 0.739. The molecule has 0 fully saturated rings. The summed E-state index contributed by atoms with van der Waals surface area (Å²) in [5.74, 6) is 0. The zero-order valence-corrected chi connectivity index (χ0v) is 34.7. The van der Waals surface area contributed by atoms with Crippen LogP contribution in [0.3, 0.4) is 0 Å². The fourth-order valence-corrected chi connectivity index (χ4v) is 16.5. The Morgan fingerprint density at radius 2 is 0.562 bits per heavy atom. The topological polar surface area (TPSA) is 0 Å². The van der Waals surface area contributed by atoms with E-state index in [0.29, 0.717) is 0 Å². The van der Waals surface area contributed by atoms with Gasteiger partial charge in [-0.2, -0.15) is 0 Å². The van der Waals surface area contributed by atoms with Gasteiger partial charge in [0.15, 0.2) is 0 Å². The van der Waals surface area contributed by atoms with E-state index in [4.69, 9.17) is 15.5 Å². The van der Waals surface area contributed by atoms with Crippen LogP contribution in [-0.4, -0.2) is 12.3 Å². The van der Waals surface area contributed by atoms with Crippen LogP contribution in [0.15, 0.2) is 60.7 Å². The van der Waals surface area contributed by atoms with Gasteiger partial charge in [0.25, 0.3) is 0 Å². The Kier molecular flexibility index (Phi) is 26.3. The molecule has 0 spiro atoms. The Balaban J connectivity index is 1.80. The van der Waals surface area contributed by atoms with Gasteiger partial charge in [-0.1, -0.05) is 52.4 Å². The van der Waals surface area contributed by atoms with Crippen molar-refractivity contribution in [2.45, 2.75) is 206 Å². The summed E-state index contributed by atoms with van der Waals surface area (Å²) < 4.78 is 0. The minimum atomic E-state index is -2.18. The zero-order chi connectivity index (χ0) is 34.3. The van der Waals surface area contributed by atoms with Crippen molar-refractivity contribution in [3.05, 3.63) is 71.8 Å². The molecule has 0 saturated heterocycles. The van der Waals surface area contributed by atoms with Gasteiger partial charge in [0, 0.05) is 0 Å². The molecular formula is C46H80BrP. The Bertz CT molecular complexity index is 879. The normalized spacial score (nSPS) is 12.7. The van der Waals surface area contributed by atoms with E-state index in [2.05, 4.69) is 74.5 Å². The van der Waals surface area contributed by atoms with E-state index in [0.717, 1.165) is 0 Å². The molecule has 0 radical (unpaired) electrons. The third-order valence-electron chi connectivity index (χ3n) is 11.0. The van der Waals surface area contributed by atoms with Crippen molar-refractivity contribution in [2.24, 2.45) is 0 Å². The standard InChI is InChI=1S/C46H80BrP/c1-3-5-7-9-11-13-15-17-19-21-23-25-27-35-41-48(47,43-45-37-31-29-32-38-45,44-46-39-33-30-34-40-46)42-36-28-26-24-22-20-18-16-14-12-10-8-6-4-2/h29-34,37-40H,3-28,35-36,41-44H2,1-2H3. The van der Waals surface area contributed by atoms with Crippen molar-refractivity contribution < 1.29 is 0 Å². The Hall–Kier alpha value is -0.650. The summed E-state index contributed by atoms with van der Waals surface area (Å²) in [6, 6.07) is 23.0. The number of hydrogen-bond acceptors (Lipinski definition) is 0. The van der Waals surface area contributed by atoms with Crippen LogP contribution in [0, 0.1) is 0 Å². The molecule has 0 N–H and O–H groups in total. The van der Waals surface area contributed by atoms with E-state index >= 15 is 0 Å². The number of benzene rings is 2. The molecule has 0 heterocycles. The first-order chi connectivity index (χ1) is 23.6. The monoisotopic (exact) mass is 743 g/mol. The van der Waals surface area contributed by atoms with Gasteiger partial charge in [-0.25, -0.2) is 0 Å². The maximum absolute atomic E-state index is 4.77. The van der Waals surface area contributed by atoms with E-state index < -0.39 is 5.31 Å². The summed E-state index contributed by atoms with van der Waals surface area (Å²) in [7, 11) is 0. The summed E-state index contributed by atoms with van der Waals surface area (Å²) in [6.07, 6.45) is 45.5. The first-order valence-electron chi connectivity index (χ1n) is 21.4. The summed E-state index contributed by atoms with van der Waals surface area (Å²) in [5.41, 5.74) is 3.08. The second-order valence-corrected chi connectivity index (χ2v) is 26.9. The number of unbranched alkanes of at least 4 members (excludes halogenated alkanes) is 26. The summed E-state index contributed by atoms with van der Waals surface area (Å²) in [5, 5.41) is -2.18. The van der Waals surface area contributed by atoms with Crippen molar-refractivity contribution in [1.82, 2.24) is 0 Å². The Labute approximate surface area is 309 Å². The molecule has 0 aliphatic heterocycles. The molecule has 2 rings (SSSR count). The van der Waals surface area contributed by atoms with Crippen molar-refractivity contribution in [2.75, 3.05) is 12.3 Å². The van der Waals surface area contributed by atoms with Crippen molar-refractivity contribution in [3.8, 4) is 0 Å². The minimum absolute atomic E-state index is 1.25. The number of halogens is 1. The van der Waals surface area contributed by atoms with Crippen LogP contribution < -0.4 is 0 Å². The fourth-order valence-electron chi connectivity index (χ4n) is 7.97. The molecule has 0 unspecified atom stereocenters. The Morgan fingerprint density at radius 3 is 0.812 bits per heavy atom. The van der Waals surface area contributed by atoms with Crippen LogP contribution in [0.1, 0.15) is 205 Å². The molecule has 276 valence electrons. The van der Waals surface area contributed by atoms with Crippen LogP contribution in [0.4, 0.5) is 0 Å². The molecule has 0 nitrogen and oxygen atoms in total. The van der Waals surface area contributed by atoms with Gasteiger partial charge in [0.2, 0.25) is 0 Å². The van der Waals surface area contributed by atoms with Crippen LogP contribution in [-0.2, 0) is 12.3 Å². The number of hydrogen-bond donors (Lipinski definition) is 0. The predicted molar refractivity (Wildman–Crippen MR) is 226 cm³/mol. The van der Waals surface area contributed by atoms with Gasteiger partial charge >= 0.3 is 258 Å². The molecule has 2 aromatic rings. The van der Waals surface area contributed by atoms with E-state index in [-0.39, 0.29) is 0 Å². The average molecular weight is 744 g/mol. The van der Waals surface area contributed by atoms with Gasteiger partial charge in [0.05, 0.1) is 0 Å². The molecule has 0 aromatic heterocycles. The van der Waals surface area contributed by atoms with E-state index in [1.807, 2.05) is 0 Å². The molecule has 48 heavy (non-hydrogen) atoms. The molecule has 0 bridgehead atoms. The molecular weight excluding hydrogens is 663 g/mol. The van der Waals surface area contributed by atoms with Crippen LogP contribution >= 0.6 is 20.8 Å². The summed E-state index contributed by atoms with van der Waals surface area (Å²) in [4.78, 5) is 0. The van der Waals surface area contributed by atoms with E-state index in [9.17, 15) is 0 Å². The number of rotatable bonds is 34. The SMILES string of the molecule is CCCCCCCCCCCCCCCCP(Br)(CCCCCCCCCCCCCCCC)(Cc1ccccc1)Cc1ccccc1. The molecule has 2 aromatic carbocycles. The van der Waals surface area contributed by atoms with Crippen LogP contribution in [0.2, 0.25) is 0 Å². The van der Waals surface area contributed by atoms with Gasteiger partial charge < -0.3 is 0 Å². The maximum atomic E-state index is 4.77. The first-order valence-corrected chi connectivity index (χ1v) is 26.4. The first kappa shape index (κ1) is 43.5. The van der Waals surface area contributed by atoms with Crippen molar-refractivity contribution in [1.29, 1.82) is 0 Å². The summed E-state index contributed by atoms with van der Waals surface area (Å²) in [6.45, 7) is 4.63. The molecule has 0 aliphatic carbocycles. The molecule has 0 atom stereocenters. The third-order valence-corrected chi connectivity index (χ3v) is 19.8. The van der Waals surface area contributed by atoms with Crippen LogP contribution in [0.5, 0.6) is 0 Å². The zero-order valence-electron chi connectivity index (χ0n) is 32.2. The van der Waals surface area contributed by atoms with Gasteiger partial charge in [-0.05, 0) is 0 Å². The average Bonchev–Trinajstić information content (AvgIpc) is 3.09. The quantitative estimate of drug-likeness (QED) is 0.0495. The second-order valence-electron chi connectivity index (χ2n) is 15.7. The Morgan fingerprint density at radius 1 is 0.333 bits per heavy atom. The third kappa shape index (κ3) is 22.2. The van der Waals surface area contributed by atoms with Crippen molar-refractivity contribution in [3.63, 3.8) is 0 Å². The van der Waals surface area contributed by atoms with E-state index in [1.165, 1.54) is 204 Å². The van der Waals surface area contributed by atoms with Crippen molar-refractivity contribution >= 4 is 20.8 Å². The molecule has 0 aliphatic rings. The molecule has 0 saturated carbocycles.